The normalized spacial score (nSPS) is 18.1. The number of benzene rings is 1. The van der Waals surface area contributed by atoms with Crippen molar-refractivity contribution in [2.75, 3.05) is 26.7 Å². The second-order valence-corrected chi connectivity index (χ2v) is 6.91. The third-order valence-corrected chi connectivity index (χ3v) is 4.83. The number of nitrogens with one attached hydrogen (secondary N) is 1. The maximum atomic E-state index is 12.4. The first kappa shape index (κ1) is 21.7. The molecule has 2 atom stereocenters. The van der Waals surface area contributed by atoms with Crippen LogP contribution in [0.4, 0.5) is 0 Å². The number of hydrogen-bond donors (Lipinski definition) is 2. The Bertz CT molecular complexity index is 528. The Kier molecular flexibility index (Phi) is 8.69. The first-order chi connectivity index (χ1) is 11.5. The molecule has 1 aromatic carbocycles. The molecule has 0 bridgehead atoms. The molecule has 2 unspecified atom stereocenters. The van der Waals surface area contributed by atoms with Crippen LogP contribution in [-0.4, -0.2) is 43.1 Å². The summed E-state index contributed by atoms with van der Waals surface area (Å²) in [5.74, 6) is 0.780. The molecule has 0 aliphatic carbocycles. The number of rotatable bonds is 8. The fourth-order valence-electron chi connectivity index (χ4n) is 3.36. The van der Waals surface area contributed by atoms with E-state index in [1.165, 1.54) is 18.4 Å². The van der Waals surface area contributed by atoms with Crippen LogP contribution in [0.1, 0.15) is 51.1 Å². The molecular formula is C19H32ClN3O2. The van der Waals surface area contributed by atoms with Gasteiger partial charge in [-0.05, 0) is 57.0 Å². The van der Waals surface area contributed by atoms with Crippen LogP contribution in [0.5, 0.6) is 5.75 Å². The molecule has 1 saturated heterocycles. The van der Waals surface area contributed by atoms with Crippen LogP contribution >= 0.6 is 12.4 Å². The second-order valence-electron chi connectivity index (χ2n) is 6.91. The first-order valence-electron chi connectivity index (χ1n) is 8.93. The van der Waals surface area contributed by atoms with Gasteiger partial charge >= 0.3 is 0 Å². The molecule has 5 nitrogen and oxygen atoms in total. The summed E-state index contributed by atoms with van der Waals surface area (Å²) in [6.07, 6.45) is 4.01. The number of carbonyl (C=O) groups excluding carboxylic acids is 1. The molecule has 1 aromatic rings. The topological polar surface area (TPSA) is 67.6 Å². The molecule has 1 heterocycles. The fraction of sp³-hybridized carbons (Fsp3) is 0.632. The van der Waals surface area contributed by atoms with Crippen molar-refractivity contribution in [3.8, 4) is 5.75 Å². The third-order valence-electron chi connectivity index (χ3n) is 4.83. The molecule has 142 valence electrons. The molecule has 25 heavy (non-hydrogen) atoms. The van der Waals surface area contributed by atoms with E-state index in [0.29, 0.717) is 13.0 Å². The summed E-state index contributed by atoms with van der Waals surface area (Å²) in [7, 11) is 1.67. The second kappa shape index (κ2) is 10.00. The van der Waals surface area contributed by atoms with Crippen molar-refractivity contribution < 1.29 is 9.53 Å². The molecule has 3 N–H and O–H groups in total. The third kappa shape index (κ3) is 5.87. The van der Waals surface area contributed by atoms with Gasteiger partial charge in [0.15, 0.2) is 0 Å². The Labute approximate surface area is 157 Å². The van der Waals surface area contributed by atoms with Crippen LogP contribution in [-0.2, 0) is 4.79 Å². The molecule has 0 spiro atoms. The molecular weight excluding hydrogens is 338 g/mol. The maximum absolute atomic E-state index is 12.4. The smallest absolute Gasteiger partial charge is 0.239 e. The van der Waals surface area contributed by atoms with E-state index in [0.717, 1.165) is 25.3 Å². The molecule has 1 fully saturated rings. The number of likely N-dealkylation sites (tertiary alicyclic amines) is 1. The van der Waals surface area contributed by atoms with Gasteiger partial charge < -0.3 is 15.8 Å². The lowest BCUT2D eigenvalue weighted by Crippen LogP contribution is -2.53. The number of hydrogen-bond acceptors (Lipinski definition) is 4. The summed E-state index contributed by atoms with van der Waals surface area (Å²) >= 11 is 0. The van der Waals surface area contributed by atoms with E-state index in [-0.39, 0.29) is 24.4 Å². The zero-order valence-corrected chi connectivity index (χ0v) is 16.4. The van der Waals surface area contributed by atoms with Crippen molar-refractivity contribution in [1.82, 2.24) is 10.2 Å². The average Bonchev–Trinajstić information content (AvgIpc) is 3.09. The number of methoxy groups -OCH3 is 1. The molecule has 2 rings (SSSR count). The Balaban J connectivity index is 0.00000312. The molecule has 0 saturated carbocycles. The molecule has 1 aliphatic heterocycles. The number of amides is 1. The predicted octanol–water partition coefficient (Wildman–Crippen LogP) is 2.89. The highest BCUT2D eigenvalue weighted by Crippen LogP contribution is 2.26. The van der Waals surface area contributed by atoms with Gasteiger partial charge in [-0.15, -0.1) is 12.4 Å². The Morgan fingerprint density at radius 1 is 1.32 bits per heavy atom. The van der Waals surface area contributed by atoms with Crippen LogP contribution in [0.3, 0.4) is 0 Å². The number of carbonyl (C=O) groups is 1. The monoisotopic (exact) mass is 369 g/mol. The van der Waals surface area contributed by atoms with Gasteiger partial charge in [0.25, 0.3) is 0 Å². The van der Waals surface area contributed by atoms with Crippen molar-refractivity contribution in [2.24, 2.45) is 5.73 Å². The fourth-order valence-corrected chi connectivity index (χ4v) is 3.36. The van der Waals surface area contributed by atoms with Crippen molar-refractivity contribution in [3.05, 3.63) is 29.8 Å². The molecule has 1 amide bonds. The van der Waals surface area contributed by atoms with Gasteiger partial charge in [0, 0.05) is 6.54 Å². The molecule has 0 aromatic heterocycles. The van der Waals surface area contributed by atoms with Gasteiger partial charge in [-0.25, -0.2) is 0 Å². The Hall–Kier alpha value is -1.30. The van der Waals surface area contributed by atoms with Crippen LogP contribution in [0, 0.1) is 0 Å². The van der Waals surface area contributed by atoms with Gasteiger partial charge in [-0.2, -0.15) is 0 Å². The minimum Gasteiger partial charge on any atom is -0.497 e. The van der Waals surface area contributed by atoms with Crippen molar-refractivity contribution in [3.63, 3.8) is 0 Å². The van der Waals surface area contributed by atoms with E-state index in [9.17, 15) is 4.79 Å². The molecule has 1 aliphatic rings. The van der Waals surface area contributed by atoms with Crippen LogP contribution in [0.15, 0.2) is 24.3 Å². The highest BCUT2D eigenvalue weighted by atomic mass is 35.5. The van der Waals surface area contributed by atoms with Crippen molar-refractivity contribution in [2.45, 2.75) is 51.1 Å². The lowest BCUT2D eigenvalue weighted by molar-refractivity contribution is -0.126. The highest BCUT2D eigenvalue weighted by Gasteiger charge is 2.29. The summed E-state index contributed by atoms with van der Waals surface area (Å²) in [4.78, 5) is 14.9. The zero-order chi connectivity index (χ0) is 17.6. The predicted molar refractivity (Wildman–Crippen MR) is 104 cm³/mol. The quantitative estimate of drug-likeness (QED) is 0.739. The van der Waals surface area contributed by atoms with Crippen LogP contribution in [0.2, 0.25) is 0 Å². The standard InChI is InChI=1S/C19H31N3O2.ClH/c1-4-11-19(2,20)18(23)21-14-17(22-12-5-6-13-22)15-7-9-16(24-3)10-8-15;/h7-10,17H,4-6,11-14,20H2,1-3H3,(H,21,23);1H. The largest absolute Gasteiger partial charge is 0.497 e. The average molecular weight is 370 g/mol. The van der Waals surface area contributed by atoms with E-state index in [1.54, 1.807) is 7.11 Å². The lowest BCUT2D eigenvalue weighted by atomic mass is 9.96. The summed E-state index contributed by atoms with van der Waals surface area (Å²) in [6.45, 7) is 6.58. The molecule has 0 radical (unpaired) electrons. The van der Waals surface area contributed by atoms with E-state index in [2.05, 4.69) is 22.3 Å². The van der Waals surface area contributed by atoms with Gasteiger partial charge in [0.1, 0.15) is 5.75 Å². The van der Waals surface area contributed by atoms with Crippen LogP contribution < -0.4 is 15.8 Å². The van der Waals surface area contributed by atoms with E-state index < -0.39 is 5.54 Å². The number of halogens is 1. The summed E-state index contributed by atoms with van der Waals surface area (Å²) in [5.41, 5.74) is 6.54. The minimum absolute atomic E-state index is 0. The zero-order valence-electron chi connectivity index (χ0n) is 15.6. The minimum atomic E-state index is -0.801. The van der Waals surface area contributed by atoms with Gasteiger partial charge in [-0.1, -0.05) is 25.5 Å². The van der Waals surface area contributed by atoms with E-state index in [4.69, 9.17) is 10.5 Å². The summed E-state index contributed by atoms with van der Waals surface area (Å²) in [6, 6.07) is 8.30. The van der Waals surface area contributed by atoms with Crippen molar-refractivity contribution >= 4 is 18.3 Å². The summed E-state index contributed by atoms with van der Waals surface area (Å²) < 4.78 is 5.24. The number of ether oxygens (including phenoxy) is 1. The summed E-state index contributed by atoms with van der Waals surface area (Å²) in [5, 5.41) is 3.07. The highest BCUT2D eigenvalue weighted by molar-refractivity contribution is 5.85. The van der Waals surface area contributed by atoms with E-state index in [1.807, 2.05) is 26.0 Å². The SMILES string of the molecule is CCCC(C)(N)C(=O)NCC(c1ccc(OC)cc1)N1CCCC1.Cl. The lowest BCUT2D eigenvalue weighted by Gasteiger charge is -2.30. The van der Waals surface area contributed by atoms with Gasteiger partial charge in [-0.3, -0.25) is 9.69 Å². The van der Waals surface area contributed by atoms with Crippen LogP contribution in [0.25, 0.3) is 0 Å². The first-order valence-corrected chi connectivity index (χ1v) is 8.93. The maximum Gasteiger partial charge on any atom is 0.239 e. The Morgan fingerprint density at radius 2 is 1.92 bits per heavy atom. The number of nitrogens with zero attached hydrogens (tertiary/aromatic N) is 1. The van der Waals surface area contributed by atoms with E-state index >= 15 is 0 Å². The Morgan fingerprint density at radius 3 is 2.44 bits per heavy atom. The van der Waals surface area contributed by atoms with Gasteiger partial charge in [0.05, 0.1) is 18.7 Å². The molecule has 6 heteroatoms. The van der Waals surface area contributed by atoms with Crippen molar-refractivity contribution in [1.29, 1.82) is 0 Å². The van der Waals surface area contributed by atoms with Gasteiger partial charge in [0.2, 0.25) is 5.91 Å². The number of nitrogens with two attached hydrogens (primary N) is 1.